The molecular formula is C48H35N3OS. The second-order valence-corrected chi connectivity index (χ2v) is 14.7. The third kappa shape index (κ3) is 5.16. The van der Waals surface area contributed by atoms with E-state index in [-0.39, 0.29) is 0 Å². The minimum absolute atomic E-state index is 0.533. The lowest BCUT2D eigenvalue weighted by molar-refractivity contribution is 0.565. The highest BCUT2D eigenvalue weighted by atomic mass is 32.1. The fraction of sp³-hybridized carbons (Fsp3) is 0.0417. The molecule has 3 heterocycles. The zero-order valence-electron chi connectivity index (χ0n) is 28.9. The Labute approximate surface area is 310 Å². The second kappa shape index (κ2) is 12.7. The molecule has 0 saturated heterocycles. The predicted molar refractivity (Wildman–Crippen MR) is 226 cm³/mol. The molecule has 11 aromatic rings. The van der Waals surface area contributed by atoms with Crippen LogP contribution in [0.2, 0.25) is 0 Å². The van der Waals surface area contributed by atoms with E-state index in [1.165, 1.54) is 69.1 Å². The lowest BCUT2D eigenvalue weighted by Crippen LogP contribution is -1.99. The van der Waals surface area contributed by atoms with E-state index in [0.717, 1.165) is 40.1 Å². The molecule has 0 spiro atoms. The second-order valence-electron chi connectivity index (χ2n) is 13.6. The smallest absolute Gasteiger partial charge is 0.136 e. The van der Waals surface area contributed by atoms with Gasteiger partial charge in [0.25, 0.3) is 0 Å². The van der Waals surface area contributed by atoms with Gasteiger partial charge in [0.1, 0.15) is 11.3 Å². The third-order valence-corrected chi connectivity index (χ3v) is 11.6. The van der Waals surface area contributed by atoms with Crippen molar-refractivity contribution in [2.24, 2.45) is 5.73 Å². The summed E-state index contributed by atoms with van der Waals surface area (Å²) >= 11 is 1.88. The van der Waals surface area contributed by atoms with E-state index < -0.39 is 0 Å². The molecule has 0 radical (unpaired) electrons. The summed E-state index contributed by atoms with van der Waals surface area (Å²) in [5.41, 5.74) is 19.6. The summed E-state index contributed by atoms with van der Waals surface area (Å²) in [4.78, 5) is 0. The molecule has 3 aromatic heterocycles. The molecule has 254 valence electrons. The molecule has 5 heteroatoms. The van der Waals surface area contributed by atoms with Crippen molar-refractivity contribution in [3.8, 4) is 5.69 Å². The Morgan fingerprint density at radius 1 is 0.491 bits per heavy atom. The summed E-state index contributed by atoms with van der Waals surface area (Å²) in [5.74, 6) is 0.845. The summed E-state index contributed by atoms with van der Waals surface area (Å²) < 4.78 is 10.8. The van der Waals surface area contributed by atoms with Gasteiger partial charge in [0, 0.05) is 55.0 Å². The fourth-order valence-electron chi connectivity index (χ4n) is 8.04. The number of hydrogen-bond donors (Lipinski definition) is 2. The molecule has 0 amide bonds. The van der Waals surface area contributed by atoms with Crippen LogP contribution in [0.25, 0.3) is 80.2 Å². The SMILES string of the molecule is NCc1cccc(-n2c3ccccc3c3c4ccc5c(ccc6sc7ccccc7c65)c4ccc32)c1.Nc1c(Cc2ccccc2)oc2ccccc12. The first-order valence-corrected chi connectivity index (χ1v) is 18.8. The number of benzene rings is 8. The molecule has 53 heavy (non-hydrogen) atoms. The van der Waals surface area contributed by atoms with Gasteiger partial charge >= 0.3 is 0 Å². The average Bonchev–Trinajstić information content (AvgIpc) is 3.87. The van der Waals surface area contributed by atoms with Gasteiger partial charge in [0.2, 0.25) is 0 Å². The normalized spacial score (nSPS) is 11.7. The first-order chi connectivity index (χ1) is 26.2. The highest BCUT2D eigenvalue weighted by Crippen LogP contribution is 2.43. The average molecular weight is 702 g/mol. The van der Waals surface area contributed by atoms with Crippen molar-refractivity contribution < 1.29 is 4.42 Å². The highest BCUT2D eigenvalue weighted by molar-refractivity contribution is 7.26. The van der Waals surface area contributed by atoms with Crippen molar-refractivity contribution in [1.82, 2.24) is 4.57 Å². The predicted octanol–water partition coefficient (Wildman–Crippen LogP) is 12.5. The van der Waals surface area contributed by atoms with Crippen molar-refractivity contribution in [2.45, 2.75) is 13.0 Å². The molecule has 0 aliphatic rings. The number of fused-ring (bicyclic) bond motifs is 12. The van der Waals surface area contributed by atoms with Crippen LogP contribution >= 0.6 is 11.3 Å². The van der Waals surface area contributed by atoms with Gasteiger partial charge in [0.05, 0.1) is 16.7 Å². The molecule has 0 saturated carbocycles. The number of rotatable bonds is 4. The minimum atomic E-state index is 0.533. The molecule has 4 nitrogen and oxygen atoms in total. The van der Waals surface area contributed by atoms with Crippen LogP contribution in [0.3, 0.4) is 0 Å². The molecule has 11 rings (SSSR count). The first kappa shape index (κ1) is 31.3. The number of nitrogen functional groups attached to an aromatic ring is 1. The van der Waals surface area contributed by atoms with Crippen molar-refractivity contribution >= 4 is 91.5 Å². The van der Waals surface area contributed by atoms with Gasteiger partial charge < -0.3 is 20.5 Å². The van der Waals surface area contributed by atoms with Crippen LogP contribution in [-0.4, -0.2) is 4.57 Å². The van der Waals surface area contributed by atoms with E-state index in [1.807, 2.05) is 53.8 Å². The molecular weight excluding hydrogens is 667 g/mol. The van der Waals surface area contributed by atoms with E-state index in [0.29, 0.717) is 6.54 Å². The molecule has 0 bridgehead atoms. The summed E-state index contributed by atoms with van der Waals surface area (Å²) in [6.45, 7) is 0.533. The Bertz CT molecular complexity index is 3150. The zero-order chi connectivity index (χ0) is 35.5. The van der Waals surface area contributed by atoms with E-state index in [1.54, 1.807) is 0 Å². The highest BCUT2D eigenvalue weighted by Gasteiger charge is 2.17. The summed E-state index contributed by atoms with van der Waals surface area (Å²) in [6.07, 6.45) is 0.737. The zero-order valence-corrected chi connectivity index (χ0v) is 29.7. The number of nitrogens with zero attached hydrogens (tertiary/aromatic N) is 1. The maximum atomic E-state index is 6.09. The molecule has 0 fully saturated rings. The third-order valence-electron chi connectivity index (χ3n) is 10.5. The number of hydrogen-bond acceptors (Lipinski definition) is 4. The van der Waals surface area contributed by atoms with Crippen LogP contribution < -0.4 is 11.5 Å². The number of thiophene rings is 1. The largest absolute Gasteiger partial charge is 0.458 e. The number of furan rings is 1. The fourth-order valence-corrected chi connectivity index (χ4v) is 9.16. The lowest BCUT2D eigenvalue weighted by atomic mass is 9.96. The Kier molecular flexibility index (Phi) is 7.50. The van der Waals surface area contributed by atoms with Crippen LogP contribution in [-0.2, 0) is 13.0 Å². The van der Waals surface area contributed by atoms with E-state index >= 15 is 0 Å². The molecule has 0 unspecified atom stereocenters. The van der Waals surface area contributed by atoms with Gasteiger partial charge in [-0.15, -0.1) is 11.3 Å². The standard InChI is InChI=1S/C33H22N2S.C15H13NO/c34-19-20-6-5-7-21(18-20)35-28-10-3-1-8-26(28)32-24-12-13-25-23(22(24)14-16-29(32)35)15-17-31-33(25)27-9-2-4-11-30(27)36-31;16-15-12-8-4-5-9-13(12)17-14(15)10-11-6-2-1-3-7-11/h1-18H,19,34H2;1-9H,10,16H2. The van der Waals surface area contributed by atoms with Crippen molar-refractivity contribution in [3.05, 3.63) is 181 Å². The van der Waals surface area contributed by atoms with E-state index in [9.17, 15) is 0 Å². The summed E-state index contributed by atoms with van der Waals surface area (Å²) in [5, 5.41) is 11.5. The Hall–Kier alpha value is -6.40. The molecule has 0 aliphatic carbocycles. The summed E-state index contributed by atoms with van der Waals surface area (Å²) in [6, 6.07) is 58.0. The van der Waals surface area contributed by atoms with Crippen LogP contribution in [0.5, 0.6) is 0 Å². The van der Waals surface area contributed by atoms with Crippen molar-refractivity contribution in [2.75, 3.05) is 5.73 Å². The quantitative estimate of drug-likeness (QED) is 0.179. The topological polar surface area (TPSA) is 70.1 Å². The van der Waals surface area contributed by atoms with Gasteiger partial charge in [-0.05, 0) is 81.2 Å². The summed E-state index contributed by atoms with van der Waals surface area (Å²) in [7, 11) is 0. The van der Waals surface area contributed by atoms with E-state index in [2.05, 4.69) is 126 Å². The van der Waals surface area contributed by atoms with Crippen LogP contribution in [0.1, 0.15) is 16.9 Å². The lowest BCUT2D eigenvalue weighted by Gasteiger charge is -2.11. The van der Waals surface area contributed by atoms with Crippen LogP contribution in [0.4, 0.5) is 5.69 Å². The Morgan fingerprint density at radius 3 is 1.96 bits per heavy atom. The molecule has 4 N–H and O–H groups in total. The number of para-hydroxylation sites is 2. The molecule has 0 atom stereocenters. The maximum Gasteiger partial charge on any atom is 0.136 e. The monoisotopic (exact) mass is 701 g/mol. The van der Waals surface area contributed by atoms with Crippen LogP contribution in [0, 0.1) is 0 Å². The molecule has 8 aromatic carbocycles. The van der Waals surface area contributed by atoms with Gasteiger partial charge in [0.15, 0.2) is 0 Å². The Balaban J connectivity index is 0.000000172. The maximum absolute atomic E-state index is 6.09. The van der Waals surface area contributed by atoms with Gasteiger partial charge in [-0.1, -0.05) is 115 Å². The van der Waals surface area contributed by atoms with Crippen LogP contribution in [0.15, 0.2) is 168 Å². The number of nitrogens with two attached hydrogens (primary N) is 2. The number of anilines is 1. The number of aromatic nitrogens is 1. The van der Waals surface area contributed by atoms with Gasteiger partial charge in [-0.2, -0.15) is 0 Å². The van der Waals surface area contributed by atoms with Crippen molar-refractivity contribution in [3.63, 3.8) is 0 Å². The molecule has 0 aliphatic heterocycles. The van der Waals surface area contributed by atoms with Gasteiger partial charge in [-0.25, -0.2) is 0 Å². The van der Waals surface area contributed by atoms with Gasteiger partial charge in [-0.3, -0.25) is 0 Å². The van der Waals surface area contributed by atoms with E-state index in [4.69, 9.17) is 15.9 Å². The minimum Gasteiger partial charge on any atom is -0.458 e. The van der Waals surface area contributed by atoms with Crippen molar-refractivity contribution in [1.29, 1.82) is 0 Å². The Morgan fingerprint density at radius 2 is 1.15 bits per heavy atom. The first-order valence-electron chi connectivity index (χ1n) is 17.9.